The second-order valence-corrected chi connectivity index (χ2v) is 6.90. The minimum absolute atomic E-state index is 0.0681. The van der Waals surface area contributed by atoms with E-state index in [4.69, 9.17) is 4.74 Å². The third kappa shape index (κ3) is 4.03. The summed E-state index contributed by atoms with van der Waals surface area (Å²) in [5, 5.41) is 0. The highest BCUT2D eigenvalue weighted by atomic mass is 32.2. The first kappa shape index (κ1) is 15.5. The fraction of sp³-hybridized carbons (Fsp3) is 0.267. The van der Waals surface area contributed by atoms with Crippen molar-refractivity contribution in [3.63, 3.8) is 0 Å². The Hall–Kier alpha value is -1.92. The Morgan fingerprint density at radius 3 is 2.52 bits per heavy atom. The van der Waals surface area contributed by atoms with Crippen molar-refractivity contribution in [3.05, 3.63) is 54.2 Å². The van der Waals surface area contributed by atoms with Gasteiger partial charge in [-0.15, -0.1) is 0 Å². The van der Waals surface area contributed by atoms with Gasteiger partial charge in [0.05, 0.1) is 5.75 Å². The maximum absolute atomic E-state index is 11.8. The lowest BCUT2D eigenvalue weighted by atomic mass is 10.2. The van der Waals surface area contributed by atoms with Crippen molar-refractivity contribution >= 4 is 10.0 Å². The SMILES string of the molecule is CCS(=O)(=O)N(C)Cc1cccnc1Oc1ccccc1. The van der Waals surface area contributed by atoms with E-state index in [-0.39, 0.29) is 12.3 Å². The predicted octanol–water partition coefficient (Wildman–Crippen LogP) is 2.66. The molecular formula is C15H18N2O3S. The molecule has 1 aromatic carbocycles. The van der Waals surface area contributed by atoms with Gasteiger partial charge in [-0.3, -0.25) is 0 Å². The van der Waals surface area contributed by atoms with Crippen molar-refractivity contribution in [2.75, 3.05) is 12.8 Å². The van der Waals surface area contributed by atoms with Crippen LogP contribution in [0.5, 0.6) is 11.6 Å². The summed E-state index contributed by atoms with van der Waals surface area (Å²) >= 11 is 0. The van der Waals surface area contributed by atoms with Crippen molar-refractivity contribution in [1.82, 2.24) is 9.29 Å². The predicted molar refractivity (Wildman–Crippen MR) is 81.7 cm³/mol. The number of rotatable bonds is 6. The third-order valence-electron chi connectivity index (χ3n) is 3.04. The van der Waals surface area contributed by atoms with Gasteiger partial charge in [0.2, 0.25) is 15.9 Å². The Labute approximate surface area is 125 Å². The van der Waals surface area contributed by atoms with Gasteiger partial charge < -0.3 is 4.74 Å². The van der Waals surface area contributed by atoms with Gasteiger partial charge in [-0.05, 0) is 25.1 Å². The first-order valence-corrected chi connectivity index (χ1v) is 8.24. The molecule has 0 aliphatic carbocycles. The van der Waals surface area contributed by atoms with E-state index in [0.717, 1.165) is 5.56 Å². The lowest BCUT2D eigenvalue weighted by Crippen LogP contribution is -2.28. The van der Waals surface area contributed by atoms with Gasteiger partial charge in [-0.25, -0.2) is 17.7 Å². The first-order valence-electron chi connectivity index (χ1n) is 6.63. The number of sulfonamides is 1. The van der Waals surface area contributed by atoms with Crippen molar-refractivity contribution in [1.29, 1.82) is 0 Å². The molecule has 1 aromatic heterocycles. The lowest BCUT2D eigenvalue weighted by Gasteiger charge is -2.17. The fourth-order valence-corrected chi connectivity index (χ4v) is 2.57. The molecule has 0 aliphatic heterocycles. The zero-order valence-corrected chi connectivity index (χ0v) is 12.9. The zero-order valence-electron chi connectivity index (χ0n) is 12.1. The number of hydrogen-bond donors (Lipinski definition) is 0. The average Bonchev–Trinajstić information content (AvgIpc) is 2.50. The summed E-state index contributed by atoms with van der Waals surface area (Å²) < 4.78 is 30.7. The van der Waals surface area contributed by atoms with Crippen molar-refractivity contribution < 1.29 is 13.2 Å². The smallest absolute Gasteiger partial charge is 0.223 e. The summed E-state index contributed by atoms with van der Waals surface area (Å²) in [6, 6.07) is 12.9. The van der Waals surface area contributed by atoms with Gasteiger partial charge in [0, 0.05) is 25.4 Å². The summed E-state index contributed by atoms with van der Waals surface area (Å²) in [5.41, 5.74) is 0.723. The molecule has 1 heterocycles. The number of ether oxygens (including phenoxy) is 1. The van der Waals surface area contributed by atoms with Crippen LogP contribution in [-0.2, 0) is 16.6 Å². The van der Waals surface area contributed by atoms with Crippen LogP contribution in [0.2, 0.25) is 0 Å². The van der Waals surface area contributed by atoms with Crippen molar-refractivity contribution in [2.24, 2.45) is 0 Å². The van der Waals surface area contributed by atoms with Gasteiger partial charge in [-0.1, -0.05) is 24.3 Å². The monoisotopic (exact) mass is 306 g/mol. The molecule has 0 amide bonds. The van der Waals surface area contributed by atoms with Crippen LogP contribution >= 0.6 is 0 Å². The number of pyridine rings is 1. The van der Waals surface area contributed by atoms with Crippen LogP contribution in [0, 0.1) is 0 Å². The number of benzene rings is 1. The van der Waals surface area contributed by atoms with E-state index >= 15 is 0 Å². The van der Waals surface area contributed by atoms with Crippen LogP contribution in [0.3, 0.4) is 0 Å². The molecule has 0 spiro atoms. The van der Waals surface area contributed by atoms with E-state index < -0.39 is 10.0 Å². The molecular weight excluding hydrogens is 288 g/mol. The Bertz CT molecular complexity index is 687. The zero-order chi connectivity index (χ0) is 15.3. The van der Waals surface area contributed by atoms with E-state index in [1.54, 1.807) is 26.2 Å². The van der Waals surface area contributed by atoms with Gasteiger partial charge in [0.1, 0.15) is 5.75 Å². The standard InChI is InChI=1S/C15H18N2O3S/c1-3-21(18,19)17(2)12-13-8-7-11-16-15(13)20-14-9-5-4-6-10-14/h4-11H,3,12H2,1-2H3. The largest absolute Gasteiger partial charge is 0.439 e. The molecule has 0 saturated heterocycles. The molecule has 0 saturated carbocycles. The summed E-state index contributed by atoms with van der Waals surface area (Å²) in [5.74, 6) is 1.15. The molecule has 0 atom stereocenters. The maximum atomic E-state index is 11.8. The quantitative estimate of drug-likeness (QED) is 0.823. The highest BCUT2D eigenvalue weighted by molar-refractivity contribution is 7.89. The summed E-state index contributed by atoms with van der Waals surface area (Å²) in [4.78, 5) is 4.19. The summed E-state index contributed by atoms with van der Waals surface area (Å²) in [7, 11) is -1.68. The van der Waals surface area contributed by atoms with Gasteiger partial charge in [0.15, 0.2) is 0 Å². The second-order valence-electron chi connectivity index (χ2n) is 4.54. The number of nitrogens with zero attached hydrogens (tertiary/aromatic N) is 2. The molecule has 0 unspecified atom stereocenters. The number of hydrogen-bond acceptors (Lipinski definition) is 4. The van der Waals surface area contributed by atoms with Crippen LogP contribution in [0.15, 0.2) is 48.7 Å². The molecule has 0 bridgehead atoms. The summed E-state index contributed by atoms with van der Waals surface area (Å²) in [6.07, 6.45) is 1.62. The Morgan fingerprint density at radius 2 is 1.86 bits per heavy atom. The molecule has 112 valence electrons. The second kappa shape index (κ2) is 6.69. The van der Waals surface area contributed by atoms with Crippen LogP contribution in [-0.4, -0.2) is 30.5 Å². The molecule has 6 heteroatoms. The van der Waals surface area contributed by atoms with Crippen molar-refractivity contribution in [3.8, 4) is 11.6 Å². The molecule has 0 N–H and O–H groups in total. The lowest BCUT2D eigenvalue weighted by molar-refractivity contribution is 0.430. The summed E-state index contributed by atoms with van der Waals surface area (Å²) in [6.45, 7) is 1.85. The minimum Gasteiger partial charge on any atom is -0.439 e. The van der Waals surface area contributed by atoms with Crippen LogP contribution in [0.4, 0.5) is 0 Å². The highest BCUT2D eigenvalue weighted by Crippen LogP contribution is 2.23. The van der Waals surface area contributed by atoms with Gasteiger partial charge in [-0.2, -0.15) is 0 Å². The van der Waals surface area contributed by atoms with Crippen LogP contribution in [0.25, 0.3) is 0 Å². The fourth-order valence-electron chi connectivity index (χ4n) is 1.80. The molecule has 0 aliphatic rings. The molecule has 5 nitrogen and oxygen atoms in total. The topological polar surface area (TPSA) is 59.5 Å². The highest BCUT2D eigenvalue weighted by Gasteiger charge is 2.17. The van der Waals surface area contributed by atoms with E-state index in [0.29, 0.717) is 11.6 Å². The number of para-hydroxylation sites is 1. The molecule has 2 rings (SSSR count). The molecule has 2 aromatic rings. The van der Waals surface area contributed by atoms with E-state index in [1.165, 1.54) is 4.31 Å². The van der Waals surface area contributed by atoms with E-state index in [2.05, 4.69) is 4.98 Å². The average molecular weight is 306 g/mol. The van der Waals surface area contributed by atoms with Crippen LogP contribution in [0.1, 0.15) is 12.5 Å². The Kier molecular flexibility index (Phi) is 4.93. The normalized spacial score (nSPS) is 11.6. The maximum Gasteiger partial charge on any atom is 0.223 e. The van der Waals surface area contributed by atoms with Crippen LogP contribution < -0.4 is 4.74 Å². The Balaban J connectivity index is 2.21. The minimum atomic E-state index is -3.24. The van der Waals surface area contributed by atoms with Crippen molar-refractivity contribution in [2.45, 2.75) is 13.5 Å². The molecule has 0 fully saturated rings. The molecule has 0 radical (unpaired) electrons. The number of aromatic nitrogens is 1. The third-order valence-corrected chi connectivity index (χ3v) is 4.85. The van der Waals surface area contributed by atoms with Gasteiger partial charge in [0.25, 0.3) is 0 Å². The van der Waals surface area contributed by atoms with E-state index in [1.807, 2.05) is 36.4 Å². The van der Waals surface area contributed by atoms with Gasteiger partial charge >= 0.3 is 0 Å². The Morgan fingerprint density at radius 1 is 1.14 bits per heavy atom. The molecule has 21 heavy (non-hydrogen) atoms. The first-order chi connectivity index (χ1) is 10.0. The van der Waals surface area contributed by atoms with E-state index in [9.17, 15) is 8.42 Å².